The summed E-state index contributed by atoms with van der Waals surface area (Å²) in [6.07, 6.45) is 0.0625. The van der Waals surface area contributed by atoms with Gasteiger partial charge in [0.15, 0.2) is 0 Å². The van der Waals surface area contributed by atoms with Gasteiger partial charge in [0.25, 0.3) is 0 Å². The molecule has 0 aliphatic heterocycles. The van der Waals surface area contributed by atoms with E-state index in [0.717, 1.165) is 0 Å². The number of hydrogen-bond acceptors (Lipinski definition) is 2. The minimum absolute atomic E-state index is 0. The molecule has 2 nitrogen and oxygen atoms in total. The van der Waals surface area contributed by atoms with Gasteiger partial charge in [0.05, 0.1) is 6.42 Å². The van der Waals surface area contributed by atoms with Gasteiger partial charge >= 0.3 is 0 Å². The zero-order valence-corrected chi connectivity index (χ0v) is 11.2. The van der Waals surface area contributed by atoms with Crippen molar-refractivity contribution in [2.24, 2.45) is 10.8 Å². The summed E-state index contributed by atoms with van der Waals surface area (Å²) in [5.41, 5.74) is -0.804. The summed E-state index contributed by atoms with van der Waals surface area (Å²) < 4.78 is 0. The van der Waals surface area contributed by atoms with E-state index in [9.17, 15) is 9.59 Å². The SMILES string of the molecule is CC(C)(C)C(=O)CC(=O)C(C)(C)C.[Cr]. The van der Waals surface area contributed by atoms with Gasteiger partial charge in [-0.15, -0.1) is 0 Å². The van der Waals surface area contributed by atoms with Crippen LogP contribution in [-0.2, 0) is 27.0 Å². The second kappa shape index (κ2) is 5.09. The third kappa shape index (κ3) is 5.57. The Labute approximate surface area is 97.6 Å². The van der Waals surface area contributed by atoms with Gasteiger partial charge in [-0.2, -0.15) is 0 Å². The average Bonchev–Trinajstić information content (AvgIpc) is 1.82. The van der Waals surface area contributed by atoms with Gasteiger partial charge < -0.3 is 0 Å². The quantitative estimate of drug-likeness (QED) is 0.691. The Morgan fingerprint density at radius 2 is 1.00 bits per heavy atom. The van der Waals surface area contributed by atoms with E-state index >= 15 is 0 Å². The molecule has 0 aromatic heterocycles. The largest absolute Gasteiger partial charge is 0.299 e. The molecule has 0 atom stereocenters. The summed E-state index contributed by atoms with van der Waals surface area (Å²) >= 11 is 0. The van der Waals surface area contributed by atoms with Gasteiger partial charge in [0.2, 0.25) is 0 Å². The molecule has 0 spiro atoms. The predicted molar refractivity (Wildman–Crippen MR) is 53.5 cm³/mol. The van der Waals surface area contributed by atoms with E-state index in [1.165, 1.54) is 0 Å². The van der Waals surface area contributed by atoms with Crippen LogP contribution < -0.4 is 0 Å². The first-order valence-corrected chi connectivity index (χ1v) is 4.62. The van der Waals surface area contributed by atoms with Crippen molar-refractivity contribution in [2.75, 3.05) is 0 Å². The fourth-order valence-corrected chi connectivity index (χ4v) is 0.676. The number of carbonyl (C=O) groups excluding carboxylic acids is 2. The topological polar surface area (TPSA) is 34.1 Å². The third-order valence-electron chi connectivity index (χ3n) is 1.99. The van der Waals surface area contributed by atoms with Crippen molar-refractivity contribution in [2.45, 2.75) is 48.0 Å². The van der Waals surface area contributed by atoms with Crippen LogP contribution in [0.2, 0.25) is 0 Å². The fourth-order valence-electron chi connectivity index (χ4n) is 0.676. The van der Waals surface area contributed by atoms with E-state index in [2.05, 4.69) is 0 Å². The Hall–Kier alpha value is -0.128. The molecule has 82 valence electrons. The second-order valence-electron chi connectivity index (χ2n) is 5.52. The molecule has 3 heteroatoms. The summed E-state index contributed by atoms with van der Waals surface area (Å²) in [7, 11) is 0. The fraction of sp³-hybridized carbons (Fsp3) is 0.818. The molecule has 0 aliphatic carbocycles. The molecule has 0 heterocycles. The monoisotopic (exact) mass is 236 g/mol. The average molecular weight is 236 g/mol. The van der Waals surface area contributed by atoms with Crippen molar-refractivity contribution in [3.05, 3.63) is 0 Å². The van der Waals surface area contributed by atoms with Crippen LogP contribution >= 0.6 is 0 Å². The van der Waals surface area contributed by atoms with Crippen LogP contribution in [0.1, 0.15) is 48.0 Å². The van der Waals surface area contributed by atoms with Gasteiger partial charge in [-0.25, -0.2) is 0 Å². The first-order valence-electron chi connectivity index (χ1n) is 4.62. The molecule has 0 saturated heterocycles. The summed E-state index contributed by atoms with van der Waals surface area (Å²) in [5, 5.41) is 0. The normalized spacial score (nSPS) is 11.9. The molecule has 0 N–H and O–H groups in total. The maximum atomic E-state index is 11.5. The van der Waals surface area contributed by atoms with E-state index in [1.54, 1.807) is 0 Å². The van der Waals surface area contributed by atoms with Crippen LogP contribution in [0.15, 0.2) is 0 Å². The Kier molecular flexibility index (Phi) is 5.93. The zero-order valence-electron chi connectivity index (χ0n) is 9.93. The third-order valence-corrected chi connectivity index (χ3v) is 1.99. The maximum Gasteiger partial charge on any atom is 0.145 e. The molecule has 0 fully saturated rings. The molecule has 0 aromatic rings. The number of rotatable bonds is 2. The van der Waals surface area contributed by atoms with Crippen molar-refractivity contribution in [1.29, 1.82) is 0 Å². The molecule has 0 radical (unpaired) electrons. The molecular formula is C11H20CrO2. The van der Waals surface area contributed by atoms with Crippen LogP contribution in [0.4, 0.5) is 0 Å². The minimum Gasteiger partial charge on any atom is -0.299 e. The van der Waals surface area contributed by atoms with Crippen LogP contribution in [0.5, 0.6) is 0 Å². The Bertz CT molecular complexity index is 194. The minimum atomic E-state index is -0.402. The van der Waals surface area contributed by atoms with E-state index in [4.69, 9.17) is 0 Å². The van der Waals surface area contributed by atoms with E-state index in [0.29, 0.717) is 0 Å². The number of carbonyl (C=O) groups is 2. The van der Waals surface area contributed by atoms with Crippen molar-refractivity contribution >= 4 is 11.6 Å². The standard InChI is InChI=1S/C11H20O2.Cr/c1-10(2,3)8(12)7-9(13)11(4,5)6;/h7H2,1-6H3;. The van der Waals surface area contributed by atoms with E-state index in [1.807, 2.05) is 41.5 Å². The zero-order chi connectivity index (χ0) is 10.9. The Morgan fingerprint density at radius 1 is 0.786 bits per heavy atom. The van der Waals surface area contributed by atoms with Gasteiger partial charge in [-0.1, -0.05) is 41.5 Å². The van der Waals surface area contributed by atoms with Crippen molar-refractivity contribution in [3.63, 3.8) is 0 Å². The molecule has 0 unspecified atom stereocenters. The van der Waals surface area contributed by atoms with E-state index in [-0.39, 0.29) is 35.3 Å². The molecule has 14 heavy (non-hydrogen) atoms. The molecule has 0 bridgehead atoms. The number of ketones is 2. The molecular weight excluding hydrogens is 216 g/mol. The summed E-state index contributed by atoms with van der Waals surface area (Å²) in [4.78, 5) is 23.0. The van der Waals surface area contributed by atoms with Gasteiger partial charge in [0.1, 0.15) is 11.6 Å². The molecule has 0 aromatic carbocycles. The van der Waals surface area contributed by atoms with Gasteiger partial charge in [-0.3, -0.25) is 9.59 Å². The summed E-state index contributed by atoms with van der Waals surface area (Å²) in [5.74, 6) is 0.0415. The predicted octanol–water partition coefficient (Wildman–Crippen LogP) is 2.60. The number of Topliss-reactive ketones (excluding diaryl/α,β-unsaturated/α-hetero) is 2. The second-order valence-corrected chi connectivity index (χ2v) is 5.52. The van der Waals surface area contributed by atoms with Crippen LogP contribution in [0, 0.1) is 10.8 Å². The van der Waals surface area contributed by atoms with Crippen LogP contribution in [0.3, 0.4) is 0 Å². The van der Waals surface area contributed by atoms with Gasteiger partial charge in [-0.05, 0) is 0 Å². The van der Waals surface area contributed by atoms with Crippen molar-refractivity contribution in [3.8, 4) is 0 Å². The summed E-state index contributed by atoms with van der Waals surface area (Å²) in [6, 6.07) is 0. The number of hydrogen-bond donors (Lipinski definition) is 0. The Morgan fingerprint density at radius 3 is 1.14 bits per heavy atom. The molecule has 0 amide bonds. The van der Waals surface area contributed by atoms with Gasteiger partial charge in [0, 0.05) is 28.2 Å². The Balaban J connectivity index is 0. The summed E-state index contributed by atoms with van der Waals surface area (Å²) in [6.45, 7) is 11.0. The molecule has 0 aliphatic rings. The first kappa shape index (κ1) is 16.3. The van der Waals surface area contributed by atoms with Crippen molar-refractivity contribution < 1.29 is 27.0 Å². The van der Waals surface area contributed by atoms with Crippen molar-refractivity contribution in [1.82, 2.24) is 0 Å². The molecule has 0 saturated carbocycles. The van der Waals surface area contributed by atoms with Crippen LogP contribution in [-0.4, -0.2) is 11.6 Å². The van der Waals surface area contributed by atoms with Crippen LogP contribution in [0.25, 0.3) is 0 Å². The van der Waals surface area contributed by atoms with E-state index < -0.39 is 10.8 Å². The molecule has 0 rings (SSSR count). The first-order chi connectivity index (χ1) is 5.55. The smallest absolute Gasteiger partial charge is 0.145 e. The maximum absolute atomic E-state index is 11.5.